The Morgan fingerprint density at radius 3 is 2.82 bits per heavy atom. The minimum atomic E-state index is -0.409. The van der Waals surface area contributed by atoms with Crippen molar-refractivity contribution in [3.63, 3.8) is 0 Å². The second kappa shape index (κ2) is 8.75. The van der Waals surface area contributed by atoms with E-state index in [2.05, 4.69) is 17.2 Å². The second-order valence-corrected chi connectivity index (χ2v) is 9.42. The normalized spacial score (nSPS) is 15.2. The topological polar surface area (TPSA) is 81.2 Å². The Labute approximate surface area is 195 Å². The molecular formula is C26H23N3O3S. The lowest BCUT2D eigenvalue weighted by molar-refractivity contribution is 0.0601. The van der Waals surface area contributed by atoms with Gasteiger partial charge in [-0.05, 0) is 55.0 Å². The smallest absolute Gasteiger partial charge is 0.341 e. The molecule has 0 bridgehead atoms. The Morgan fingerprint density at radius 1 is 1.18 bits per heavy atom. The van der Waals surface area contributed by atoms with Crippen LogP contribution in [-0.4, -0.2) is 29.0 Å². The molecule has 0 spiro atoms. The summed E-state index contributed by atoms with van der Waals surface area (Å²) in [7, 11) is 1.37. The van der Waals surface area contributed by atoms with Crippen LogP contribution in [0.25, 0.3) is 22.2 Å². The molecule has 0 saturated carbocycles. The van der Waals surface area contributed by atoms with Crippen LogP contribution >= 0.6 is 11.3 Å². The number of carbonyl (C=O) groups excluding carboxylic acids is 2. The molecule has 33 heavy (non-hydrogen) atoms. The van der Waals surface area contributed by atoms with Crippen molar-refractivity contribution < 1.29 is 14.3 Å². The van der Waals surface area contributed by atoms with Crippen molar-refractivity contribution in [1.29, 1.82) is 0 Å². The summed E-state index contributed by atoms with van der Waals surface area (Å²) in [5, 5.41) is 4.32. The minimum Gasteiger partial charge on any atom is -0.465 e. The second-order valence-electron chi connectivity index (χ2n) is 8.32. The molecule has 1 aromatic carbocycles. The number of nitrogens with zero attached hydrogens (tertiary/aromatic N) is 2. The van der Waals surface area contributed by atoms with Gasteiger partial charge in [0.25, 0.3) is 5.91 Å². The number of carbonyl (C=O) groups is 2. The highest BCUT2D eigenvalue weighted by molar-refractivity contribution is 7.17. The molecule has 7 heteroatoms. The van der Waals surface area contributed by atoms with Gasteiger partial charge in [0.2, 0.25) is 0 Å². The molecule has 6 nitrogen and oxygen atoms in total. The molecule has 5 rings (SSSR count). The van der Waals surface area contributed by atoms with Gasteiger partial charge in [-0.3, -0.25) is 9.78 Å². The molecule has 1 amide bonds. The lowest BCUT2D eigenvalue weighted by Crippen LogP contribution is -2.16. The van der Waals surface area contributed by atoms with Crippen molar-refractivity contribution in [2.45, 2.75) is 26.2 Å². The van der Waals surface area contributed by atoms with Gasteiger partial charge in [-0.15, -0.1) is 11.3 Å². The van der Waals surface area contributed by atoms with Crippen molar-refractivity contribution >= 4 is 39.1 Å². The average Bonchev–Trinajstić information content (AvgIpc) is 3.20. The van der Waals surface area contributed by atoms with Crippen LogP contribution < -0.4 is 5.32 Å². The van der Waals surface area contributed by atoms with E-state index in [9.17, 15) is 9.59 Å². The van der Waals surface area contributed by atoms with Gasteiger partial charge >= 0.3 is 5.97 Å². The van der Waals surface area contributed by atoms with Crippen LogP contribution in [-0.2, 0) is 17.6 Å². The van der Waals surface area contributed by atoms with Crippen molar-refractivity contribution in [1.82, 2.24) is 9.97 Å². The van der Waals surface area contributed by atoms with Crippen molar-refractivity contribution in [3.8, 4) is 11.3 Å². The molecule has 0 unspecified atom stereocenters. The number of methoxy groups -OCH3 is 1. The summed E-state index contributed by atoms with van der Waals surface area (Å²) in [6.45, 7) is 2.21. The fourth-order valence-electron chi connectivity index (χ4n) is 4.35. The number of rotatable bonds is 4. The van der Waals surface area contributed by atoms with E-state index < -0.39 is 5.97 Å². The SMILES string of the molecule is COC(=O)c1c(NC(=O)c2cc(-c3cccnc3)nc3ccccc23)sc2c1CC[C@@H](C)C2. The number of hydrogen-bond donors (Lipinski definition) is 1. The summed E-state index contributed by atoms with van der Waals surface area (Å²) in [5.41, 5.74) is 4.21. The number of pyridine rings is 2. The fraction of sp³-hybridized carbons (Fsp3) is 0.231. The van der Waals surface area contributed by atoms with E-state index in [1.807, 2.05) is 36.4 Å². The molecule has 1 atom stereocenters. The zero-order valence-electron chi connectivity index (χ0n) is 18.4. The number of hydrogen-bond acceptors (Lipinski definition) is 6. The molecule has 1 N–H and O–H groups in total. The zero-order valence-corrected chi connectivity index (χ0v) is 19.2. The number of esters is 1. The maximum Gasteiger partial charge on any atom is 0.341 e. The largest absolute Gasteiger partial charge is 0.465 e. The number of benzene rings is 1. The molecule has 1 aliphatic rings. The van der Waals surface area contributed by atoms with E-state index in [0.717, 1.165) is 46.2 Å². The van der Waals surface area contributed by atoms with Gasteiger partial charge in [-0.1, -0.05) is 25.1 Å². The average molecular weight is 458 g/mol. The number of fused-ring (bicyclic) bond motifs is 2. The third-order valence-corrected chi connectivity index (χ3v) is 7.22. The Hall–Kier alpha value is -3.58. The van der Waals surface area contributed by atoms with Crippen LogP contribution in [0.2, 0.25) is 0 Å². The highest BCUT2D eigenvalue weighted by Gasteiger charge is 2.29. The first-order valence-electron chi connectivity index (χ1n) is 10.9. The molecule has 0 aliphatic heterocycles. The number of thiophene rings is 1. The summed E-state index contributed by atoms with van der Waals surface area (Å²) >= 11 is 1.48. The highest BCUT2D eigenvalue weighted by atomic mass is 32.1. The van der Waals surface area contributed by atoms with Crippen molar-refractivity contribution in [2.75, 3.05) is 12.4 Å². The Balaban J connectivity index is 1.59. The van der Waals surface area contributed by atoms with Crippen LogP contribution in [0, 0.1) is 5.92 Å². The third-order valence-electron chi connectivity index (χ3n) is 6.05. The fourth-order valence-corrected chi connectivity index (χ4v) is 5.75. The molecule has 4 aromatic rings. The van der Waals surface area contributed by atoms with Gasteiger partial charge in [-0.25, -0.2) is 9.78 Å². The predicted octanol–water partition coefficient (Wildman–Crippen LogP) is 5.52. The Kier molecular flexibility index (Phi) is 5.64. The quantitative estimate of drug-likeness (QED) is 0.408. The monoisotopic (exact) mass is 457 g/mol. The van der Waals surface area contributed by atoms with E-state index in [1.165, 1.54) is 18.4 Å². The Morgan fingerprint density at radius 2 is 2.03 bits per heavy atom. The molecule has 3 aromatic heterocycles. The molecule has 0 radical (unpaired) electrons. The lowest BCUT2D eigenvalue weighted by Gasteiger charge is -2.18. The van der Waals surface area contributed by atoms with E-state index in [1.54, 1.807) is 18.5 Å². The molecule has 0 fully saturated rings. The number of nitrogens with one attached hydrogen (secondary N) is 1. The van der Waals surface area contributed by atoms with Gasteiger partial charge in [0.1, 0.15) is 5.00 Å². The summed E-state index contributed by atoms with van der Waals surface area (Å²) < 4.78 is 5.06. The van der Waals surface area contributed by atoms with Crippen LogP contribution in [0.3, 0.4) is 0 Å². The number of ether oxygens (including phenoxy) is 1. The van der Waals surface area contributed by atoms with Gasteiger partial charge < -0.3 is 10.1 Å². The van der Waals surface area contributed by atoms with E-state index in [4.69, 9.17) is 9.72 Å². The van der Waals surface area contributed by atoms with Crippen LogP contribution in [0.5, 0.6) is 0 Å². The third kappa shape index (κ3) is 4.00. The summed E-state index contributed by atoms with van der Waals surface area (Å²) in [6, 6.07) is 13.1. The zero-order chi connectivity index (χ0) is 22.9. The first-order chi connectivity index (χ1) is 16.0. The number of amides is 1. The summed E-state index contributed by atoms with van der Waals surface area (Å²) in [4.78, 5) is 36.2. The number of anilines is 1. The molecular weight excluding hydrogens is 434 g/mol. The first kappa shape index (κ1) is 21.3. The highest BCUT2D eigenvalue weighted by Crippen LogP contribution is 2.40. The minimum absolute atomic E-state index is 0.282. The van der Waals surface area contributed by atoms with Crippen LogP contribution in [0.4, 0.5) is 5.00 Å². The first-order valence-corrected chi connectivity index (χ1v) is 11.7. The van der Waals surface area contributed by atoms with Gasteiger partial charge in [-0.2, -0.15) is 0 Å². The predicted molar refractivity (Wildman–Crippen MR) is 130 cm³/mol. The standard InChI is InChI=1S/C26H23N3O3S/c1-15-9-10-18-22(12-15)33-25(23(18)26(31)32-2)29-24(30)19-13-21(16-6-5-11-27-14-16)28-20-8-4-3-7-17(19)20/h3-8,11,13-15H,9-10,12H2,1-2H3,(H,29,30)/t15-/m1/s1. The molecule has 166 valence electrons. The molecule has 1 aliphatic carbocycles. The van der Waals surface area contributed by atoms with E-state index in [-0.39, 0.29) is 5.91 Å². The van der Waals surface area contributed by atoms with E-state index >= 15 is 0 Å². The van der Waals surface area contributed by atoms with E-state index in [0.29, 0.717) is 27.7 Å². The number of aromatic nitrogens is 2. The van der Waals surface area contributed by atoms with Gasteiger partial charge in [0.05, 0.1) is 29.4 Å². The summed E-state index contributed by atoms with van der Waals surface area (Å²) in [6.07, 6.45) is 6.17. The summed E-state index contributed by atoms with van der Waals surface area (Å²) in [5.74, 6) is -0.139. The molecule has 3 heterocycles. The van der Waals surface area contributed by atoms with Crippen molar-refractivity contribution in [3.05, 3.63) is 76.4 Å². The van der Waals surface area contributed by atoms with Crippen LogP contribution in [0.15, 0.2) is 54.9 Å². The lowest BCUT2D eigenvalue weighted by atomic mass is 9.88. The maximum atomic E-state index is 13.6. The number of para-hydroxylation sites is 1. The molecule has 0 saturated heterocycles. The van der Waals surface area contributed by atoms with Gasteiger partial charge in [0, 0.05) is 28.2 Å². The maximum absolute atomic E-state index is 13.6. The van der Waals surface area contributed by atoms with Crippen molar-refractivity contribution in [2.24, 2.45) is 5.92 Å². The van der Waals surface area contributed by atoms with Crippen LogP contribution in [0.1, 0.15) is 44.5 Å². The van der Waals surface area contributed by atoms with Gasteiger partial charge in [0.15, 0.2) is 0 Å². The Bertz CT molecular complexity index is 1360.